The molecule has 0 radical (unpaired) electrons. The third kappa shape index (κ3) is 19.0. The Balaban J connectivity index is -0.000000202. The third-order valence-electron chi connectivity index (χ3n) is 5.77. The summed E-state index contributed by atoms with van der Waals surface area (Å²) in [5.74, 6) is -0.323. The first-order valence-electron chi connectivity index (χ1n) is 12.0. The van der Waals surface area contributed by atoms with E-state index in [1.165, 1.54) is 7.11 Å². The smallest absolute Gasteiger partial charge is 0.311 e. The second-order valence-corrected chi connectivity index (χ2v) is 11.1. The number of hydrogen-bond donors (Lipinski definition) is 0. The molecule has 0 atom stereocenters. The van der Waals surface area contributed by atoms with Crippen molar-refractivity contribution in [1.29, 1.82) is 0 Å². The molecule has 0 spiro atoms. The van der Waals surface area contributed by atoms with Crippen molar-refractivity contribution in [1.82, 2.24) is 0 Å². The number of quaternary nitrogens is 1. The summed E-state index contributed by atoms with van der Waals surface area (Å²) in [5, 5.41) is 0. The first-order chi connectivity index (χ1) is 14.8. The van der Waals surface area contributed by atoms with Crippen molar-refractivity contribution in [3.8, 4) is 0 Å². The van der Waals surface area contributed by atoms with Crippen molar-refractivity contribution in [3.63, 3.8) is 0 Å². The monoisotopic (exact) mass is 511 g/mol. The van der Waals surface area contributed by atoms with E-state index in [1.54, 1.807) is 0 Å². The van der Waals surface area contributed by atoms with Gasteiger partial charge in [0.15, 0.2) is 0 Å². The first-order valence-corrected chi connectivity index (χ1v) is 12.0. The van der Waals surface area contributed by atoms with Gasteiger partial charge in [-0.05, 0) is 67.7 Å². The molecule has 206 valence electrons. The molecule has 0 aromatic rings. The minimum absolute atomic E-state index is 0. The van der Waals surface area contributed by atoms with Crippen molar-refractivity contribution >= 4 is 17.9 Å². The number of halogens is 1. The van der Waals surface area contributed by atoms with Gasteiger partial charge in [0.05, 0.1) is 51.1 Å². The van der Waals surface area contributed by atoms with Crippen molar-refractivity contribution < 1.29 is 45.5 Å². The highest BCUT2D eigenvalue weighted by atomic mass is 35.5. The van der Waals surface area contributed by atoms with Gasteiger partial charge in [-0.1, -0.05) is 20.8 Å². The topological polar surface area (TPSA) is 78.9 Å². The quantitative estimate of drug-likeness (QED) is 0.254. The standard InChI is InChI=1S/C11H24NO2.C8H16O2.C7H14O2.ClH/c1-7-11(2,3)10(13)14-9-8-12(4,5)6;1-5-8(3,4)7(9)10-6-2;1-5-7(2,3)6(8)9-4;/h7-9H2,1-6H3;5-6H2,1-4H3;5H2,1-4H3;1H/q+1;;;/p-1. The number of ether oxygens (including phenoxy) is 3. The highest BCUT2D eigenvalue weighted by Gasteiger charge is 2.28. The maximum Gasteiger partial charge on any atom is 0.311 e. The zero-order chi connectivity index (χ0) is 27.1. The number of carbonyl (C=O) groups excluding carboxylic acids is 3. The van der Waals surface area contributed by atoms with Gasteiger partial charge in [-0.25, -0.2) is 0 Å². The fraction of sp³-hybridized carbons (Fsp3) is 0.885. The van der Waals surface area contributed by atoms with E-state index in [2.05, 4.69) is 25.9 Å². The van der Waals surface area contributed by atoms with Gasteiger partial charge in [-0.2, -0.15) is 0 Å². The number of methoxy groups -OCH3 is 1. The Morgan fingerprint density at radius 1 is 0.647 bits per heavy atom. The summed E-state index contributed by atoms with van der Waals surface area (Å²) in [7, 11) is 7.66. The van der Waals surface area contributed by atoms with Gasteiger partial charge in [-0.3, -0.25) is 14.4 Å². The van der Waals surface area contributed by atoms with E-state index in [9.17, 15) is 14.4 Å². The molecule has 8 heteroatoms. The minimum atomic E-state index is -0.342. The van der Waals surface area contributed by atoms with Gasteiger partial charge in [0.2, 0.25) is 0 Å². The molecule has 0 aromatic heterocycles. The third-order valence-corrected chi connectivity index (χ3v) is 5.77. The van der Waals surface area contributed by atoms with E-state index in [-0.39, 0.29) is 46.6 Å². The van der Waals surface area contributed by atoms with Crippen LogP contribution in [0.5, 0.6) is 0 Å². The number of hydrogen-bond acceptors (Lipinski definition) is 6. The molecular weight excluding hydrogens is 458 g/mol. The number of carbonyl (C=O) groups is 3. The summed E-state index contributed by atoms with van der Waals surface area (Å²) in [4.78, 5) is 33.5. The van der Waals surface area contributed by atoms with E-state index in [0.717, 1.165) is 30.3 Å². The van der Waals surface area contributed by atoms with Gasteiger partial charge in [0.1, 0.15) is 13.2 Å². The second-order valence-electron chi connectivity index (χ2n) is 11.1. The average Bonchev–Trinajstić information content (AvgIpc) is 2.73. The van der Waals surface area contributed by atoms with Crippen molar-refractivity contribution in [2.24, 2.45) is 16.2 Å². The number of nitrogens with zero attached hydrogens (tertiary/aromatic N) is 1. The lowest BCUT2D eigenvalue weighted by Crippen LogP contribution is -3.00. The highest BCUT2D eigenvalue weighted by molar-refractivity contribution is 5.76. The van der Waals surface area contributed by atoms with Crippen LogP contribution in [0.2, 0.25) is 0 Å². The van der Waals surface area contributed by atoms with Gasteiger partial charge in [0, 0.05) is 0 Å². The van der Waals surface area contributed by atoms with Crippen molar-refractivity contribution in [2.75, 3.05) is 48.0 Å². The lowest BCUT2D eigenvalue weighted by molar-refractivity contribution is -0.870. The Kier molecular flexibility index (Phi) is 21.1. The molecule has 0 N–H and O–H groups in total. The minimum Gasteiger partial charge on any atom is -1.00 e. The molecule has 0 rings (SSSR count). The predicted molar refractivity (Wildman–Crippen MR) is 135 cm³/mol. The van der Waals surface area contributed by atoms with Gasteiger partial charge < -0.3 is 31.1 Å². The summed E-state index contributed by atoms with van der Waals surface area (Å²) in [5.41, 5.74) is -0.963. The molecule has 0 unspecified atom stereocenters. The van der Waals surface area contributed by atoms with Gasteiger partial charge >= 0.3 is 17.9 Å². The lowest BCUT2D eigenvalue weighted by atomic mass is 9.91. The van der Waals surface area contributed by atoms with E-state index in [4.69, 9.17) is 9.47 Å². The van der Waals surface area contributed by atoms with Gasteiger partial charge in [0.25, 0.3) is 0 Å². The predicted octanol–water partition coefficient (Wildman–Crippen LogP) is 2.26. The normalized spacial score (nSPS) is 11.5. The summed E-state index contributed by atoms with van der Waals surface area (Å²) in [6, 6.07) is 0. The van der Waals surface area contributed by atoms with Crippen LogP contribution in [-0.2, 0) is 28.6 Å². The maximum absolute atomic E-state index is 11.6. The number of rotatable bonds is 10. The Hall–Kier alpha value is -1.34. The molecule has 0 bridgehead atoms. The van der Waals surface area contributed by atoms with Crippen molar-refractivity contribution in [2.45, 2.75) is 88.5 Å². The summed E-state index contributed by atoms with van der Waals surface area (Å²) < 4.78 is 15.5. The number of esters is 3. The Morgan fingerprint density at radius 2 is 0.971 bits per heavy atom. The highest BCUT2D eigenvalue weighted by Crippen LogP contribution is 2.22. The molecule has 0 amide bonds. The molecule has 0 saturated heterocycles. The largest absolute Gasteiger partial charge is 1.00 e. The maximum atomic E-state index is 11.6. The van der Waals surface area contributed by atoms with Crippen LogP contribution in [0.4, 0.5) is 0 Å². The SMILES string of the molecule is CCC(C)(C)C(=O)OC.CCC(C)(C)C(=O)OCC[N+](C)(C)C.CCOC(=O)C(C)(C)CC.[Cl-]. The zero-order valence-corrected chi connectivity index (χ0v) is 25.3. The van der Waals surface area contributed by atoms with Crippen LogP contribution < -0.4 is 12.4 Å². The molecule has 0 aliphatic heterocycles. The first kappa shape index (κ1) is 39.9. The van der Waals surface area contributed by atoms with Crippen LogP contribution >= 0.6 is 0 Å². The number of likely N-dealkylation sites (N-methyl/N-ethyl adjacent to an activating group) is 1. The summed E-state index contributed by atoms with van der Waals surface area (Å²) in [6.07, 6.45) is 2.46. The molecule has 0 heterocycles. The Morgan fingerprint density at radius 3 is 1.21 bits per heavy atom. The second kappa shape index (κ2) is 18.0. The molecule has 0 aliphatic rings. The zero-order valence-electron chi connectivity index (χ0n) is 24.5. The molecule has 0 fully saturated rings. The van der Waals surface area contributed by atoms with Crippen LogP contribution in [0, 0.1) is 16.2 Å². The van der Waals surface area contributed by atoms with Crippen LogP contribution in [-0.4, -0.2) is 70.4 Å². The van der Waals surface area contributed by atoms with E-state index >= 15 is 0 Å². The van der Waals surface area contributed by atoms with Crippen LogP contribution in [0.3, 0.4) is 0 Å². The molecule has 0 saturated carbocycles. The molecule has 34 heavy (non-hydrogen) atoms. The Labute approximate surface area is 216 Å². The average molecular weight is 512 g/mol. The fourth-order valence-corrected chi connectivity index (χ4v) is 1.64. The fourth-order valence-electron chi connectivity index (χ4n) is 1.64. The van der Waals surface area contributed by atoms with Crippen LogP contribution in [0.15, 0.2) is 0 Å². The van der Waals surface area contributed by atoms with E-state index in [0.29, 0.717) is 13.2 Å². The molecule has 0 aromatic carbocycles. The van der Waals surface area contributed by atoms with E-state index in [1.807, 2.05) is 69.2 Å². The Bertz CT molecular complexity index is 580. The van der Waals surface area contributed by atoms with E-state index < -0.39 is 0 Å². The molecule has 0 aliphatic carbocycles. The van der Waals surface area contributed by atoms with Crippen molar-refractivity contribution in [3.05, 3.63) is 0 Å². The lowest BCUT2D eigenvalue weighted by Gasteiger charge is -2.25. The molecular formula is C26H54ClNO6. The van der Waals surface area contributed by atoms with Crippen LogP contribution in [0.25, 0.3) is 0 Å². The van der Waals surface area contributed by atoms with Crippen LogP contribution in [0.1, 0.15) is 88.5 Å². The summed E-state index contributed by atoms with van der Waals surface area (Å²) in [6.45, 7) is 21.0. The molecule has 7 nitrogen and oxygen atoms in total. The summed E-state index contributed by atoms with van der Waals surface area (Å²) >= 11 is 0. The van der Waals surface area contributed by atoms with Gasteiger partial charge in [-0.15, -0.1) is 0 Å².